The number of carbonyl (C=O) groups excluding carboxylic acids is 1. The van der Waals surface area contributed by atoms with Crippen molar-refractivity contribution >= 4 is 11.6 Å². The Labute approximate surface area is 101 Å². The van der Waals surface area contributed by atoms with Gasteiger partial charge in [0.05, 0.1) is 5.56 Å². The van der Waals surface area contributed by atoms with Crippen LogP contribution in [0.5, 0.6) is 0 Å². The van der Waals surface area contributed by atoms with Gasteiger partial charge in [0, 0.05) is 43.8 Å². The molecule has 1 aromatic rings. The van der Waals surface area contributed by atoms with Crippen molar-refractivity contribution in [2.45, 2.75) is 13.0 Å². The number of nitrogens with zero attached hydrogens (tertiary/aromatic N) is 3. The van der Waals surface area contributed by atoms with Crippen LogP contribution in [0, 0.1) is 0 Å². The highest BCUT2D eigenvalue weighted by Gasteiger charge is 2.27. The Balaban J connectivity index is 2.18. The zero-order valence-corrected chi connectivity index (χ0v) is 10.3. The minimum absolute atomic E-state index is 0.0174. The summed E-state index contributed by atoms with van der Waals surface area (Å²) in [5, 5.41) is 0. The average Bonchev–Trinajstić information content (AvgIpc) is 2.29. The summed E-state index contributed by atoms with van der Waals surface area (Å²) in [6.45, 7) is 4.59. The molecule has 0 aromatic carbocycles. The largest absolute Gasteiger partial charge is 0.398 e. The van der Waals surface area contributed by atoms with Crippen LogP contribution in [0.4, 0.5) is 5.69 Å². The van der Waals surface area contributed by atoms with Gasteiger partial charge in [0.2, 0.25) is 0 Å². The summed E-state index contributed by atoms with van der Waals surface area (Å²) < 4.78 is 0. The molecule has 1 atom stereocenters. The number of nitrogen functional groups attached to an aromatic ring is 1. The topological polar surface area (TPSA) is 62.5 Å². The molecule has 2 N–H and O–H groups in total. The smallest absolute Gasteiger partial charge is 0.257 e. The minimum Gasteiger partial charge on any atom is -0.398 e. The number of hydrogen-bond donors (Lipinski definition) is 1. The lowest BCUT2D eigenvalue weighted by Gasteiger charge is -2.38. The number of pyridine rings is 1. The Morgan fingerprint density at radius 2 is 2.29 bits per heavy atom. The second kappa shape index (κ2) is 4.71. The van der Waals surface area contributed by atoms with Crippen molar-refractivity contribution in [1.82, 2.24) is 14.8 Å². The molecule has 2 heterocycles. The van der Waals surface area contributed by atoms with Crippen molar-refractivity contribution in [3.05, 3.63) is 24.0 Å². The first-order valence-electron chi connectivity index (χ1n) is 5.78. The van der Waals surface area contributed by atoms with E-state index in [1.54, 1.807) is 18.5 Å². The van der Waals surface area contributed by atoms with E-state index in [2.05, 4.69) is 23.9 Å². The molecule has 0 radical (unpaired) electrons. The van der Waals surface area contributed by atoms with E-state index in [9.17, 15) is 4.79 Å². The molecule has 1 saturated heterocycles. The SMILES string of the molecule is CC1CN(C)CCN1C(=O)c1cnccc1N. The molecular formula is C12H18N4O. The molecular weight excluding hydrogens is 216 g/mol. The normalized spacial score (nSPS) is 21.5. The van der Waals surface area contributed by atoms with E-state index in [1.807, 2.05) is 4.90 Å². The van der Waals surface area contributed by atoms with Gasteiger partial charge in [0.15, 0.2) is 0 Å². The van der Waals surface area contributed by atoms with E-state index < -0.39 is 0 Å². The van der Waals surface area contributed by atoms with Crippen LogP contribution in [-0.4, -0.2) is 53.4 Å². The number of nitrogens with two attached hydrogens (primary N) is 1. The number of likely N-dealkylation sites (N-methyl/N-ethyl adjacent to an activating group) is 1. The summed E-state index contributed by atoms with van der Waals surface area (Å²) >= 11 is 0. The monoisotopic (exact) mass is 234 g/mol. The van der Waals surface area contributed by atoms with Gasteiger partial charge in [-0.25, -0.2) is 0 Å². The molecule has 5 heteroatoms. The van der Waals surface area contributed by atoms with Gasteiger partial charge in [-0.15, -0.1) is 0 Å². The molecule has 1 fully saturated rings. The molecule has 92 valence electrons. The van der Waals surface area contributed by atoms with Gasteiger partial charge in [0.1, 0.15) is 0 Å². The Bertz CT molecular complexity index is 421. The van der Waals surface area contributed by atoms with Crippen LogP contribution < -0.4 is 5.73 Å². The molecule has 0 spiro atoms. The van der Waals surface area contributed by atoms with Gasteiger partial charge in [-0.2, -0.15) is 0 Å². The van der Waals surface area contributed by atoms with Gasteiger partial charge in [-0.3, -0.25) is 9.78 Å². The summed E-state index contributed by atoms with van der Waals surface area (Å²) in [6, 6.07) is 1.87. The number of amides is 1. The molecule has 0 aliphatic carbocycles. The maximum atomic E-state index is 12.3. The van der Waals surface area contributed by atoms with E-state index in [1.165, 1.54) is 0 Å². The lowest BCUT2D eigenvalue weighted by molar-refractivity contribution is 0.0534. The fourth-order valence-corrected chi connectivity index (χ4v) is 2.18. The van der Waals surface area contributed by atoms with Crippen molar-refractivity contribution in [1.29, 1.82) is 0 Å². The molecule has 1 aliphatic rings. The van der Waals surface area contributed by atoms with Crippen molar-refractivity contribution in [2.24, 2.45) is 0 Å². The van der Waals surface area contributed by atoms with Gasteiger partial charge in [-0.1, -0.05) is 0 Å². The van der Waals surface area contributed by atoms with E-state index in [-0.39, 0.29) is 11.9 Å². The molecule has 1 aliphatic heterocycles. The zero-order chi connectivity index (χ0) is 12.4. The average molecular weight is 234 g/mol. The number of rotatable bonds is 1. The predicted molar refractivity (Wildman–Crippen MR) is 66.6 cm³/mol. The summed E-state index contributed by atoms with van der Waals surface area (Å²) in [6.07, 6.45) is 3.14. The highest BCUT2D eigenvalue weighted by molar-refractivity contribution is 5.98. The van der Waals surface area contributed by atoms with E-state index in [4.69, 9.17) is 5.73 Å². The zero-order valence-electron chi connectivity index (χ0n) is 10.3. The third-order valence-electron chi connectivity index (χ3n) is 3.18. The maximum absolute atomic E-state index is 12.3. The summed E-state index contributed by atoms with van der Waals surface area (Å²) in [4.78, 5) is 20.4. The van der Waals surface area contributed by atoms with Gasteiger partial charge >= 0.3 is 0 Å². The Morgan fingerprint density at radius 3 is 2.94 bits per heavy atom. The number of piperazine rings is 1. The fourth-order valence-electron chi connectivity index (χ4n) is 2.18. The molecule has 1 aromatic heterocycles. The highest BCUT2D eigenvalue weighted by Crippen LogP contribution is 2.16. The first-order chi connectivity index (χ1) is 8.09. The number of anilines is 1. The first kappa shape index (κ1) is 11.9. The Hall–Kier alpha value is -1.62. The summed E-state index contributed by atoms with van der Waals surface area (Å²) in [7, 11) is 2.07. The summed E-state index contributed by atoms with van der Waals surface area (Å²) in [5.41, 5.74) is 6.80. The van der Waals surface area contributed by atoms with Crippen LogP contribution in [-0.2, 0) is 0 Å². The molecule has 1 amide bonds. The quantitative estimate of drug-likeness (QED) is 0.766. The predicted octanol–water partition coefficient (Wildman–Crippen LogP) is 0.440. The van der Waals surface area contributed by atoms with Crippen LogP contribution in [0.25, 0.3) is 0 Å². The third kappa shape index (κ3) is 2.39. The van der Waals surface area contributed by atoms with Crippen LogP contribution in [0.1, 0.15) is 17.3 Å². The highest BCUT2D eigenvalue weighted by atomic mass is 16.2. The van der Waals surface area contributed by atoms with E-state index in [0.29, 0.717) is 11.3 Å². The van der Waals surface area contributed by atoms with Gasteiger partial charge in [-0.05, 0) is 20.0 Å². The number of carbonyl (C=O) groups is 1. The molecule has 0 saturated carbocycles. The molecule has 2 rings (SSSR count). The van der Waals surface area contributed by atoms with E-state index >= 15 is 0 Å². The van der Waals surface area contributed by atoms with Gasteiger partial charge in [0.25, 0.3) is 5.91 Å². The maximum Gasteiger partial charge on any atom is 0.257 e. The van der Waals surface area contributed by atoms with Crippen molar-refractivity contribution in [3.8, 4) is 0 Å². The van der Waals surface area contributed by atoms with Crippen molar-refractivity contribution in [3.63, 3.8) is 0 Å². The van der Waals surface area contributed by atoms with Crippen molar-refractivity contribution < 1.29 is 4.79 Å². The third-order valence-corrected chi connectivity index (χ3v) is 3.18. The minimum atomic E-state index is -0.0174. The second-order valence-corrected chi connectivity index (χ2v) is 4.57. The Kier molecular flexibility index (Phi) is 3.28. The number of hydrogen-bond acceptors (Lipinski definition) is 4. The summed E-state index contributed by atoms with van der Waals surface area (Å²) in [5.74, 6) is -0.0174. The number of aromatic nitrogens is 1. The standard InChI is InChI=1S/C12H18N4O/c1-9-8-15(2)5-6-16(9)12(17)10-7-14-4-3-11(10)13/h3-4,7,9H,5-6,8H2,1-2H3,(H2,13,14). The fraction of sp³-hybridized carbons (Fsp3) is 0.500. The molecule has 0 bridgehead atoms. The van der Waals surface area contributed by atoms with E-state index in [0.717, 1.165) is 19.6 Å². The van der Waals surface area contributed by atoms with Crippen molar-refractivity contribution in [2.75, 3.05) is 32.4 Å². The lowest BCUT2D eigenvalue weighted by Crippen LogP contribution is -2.52. The lowest BCUT2D eigenvalue weighted by atomic mass is 10.1. The van der Waals surface area contributed by atoms with Crippen LogP contribution in [0.2, 0.25) is 0 Å². The van der Waals surface area contributed by atoms with Gasteiger partial charge < -0.3 is 15.5 Å². The van der Waals surface area contributed by atoms with Crippen LogP contribution in [0.3, 0.4) is 0 Å². The molecule has 1 unspecified atom stereocenters. The first-order valence-corrected chi connectivity index (χ1v) is 5.78. The van der Waals surface area contributed by atoms with Crippen LogP contribution in [0.15, 0.2) is 18.5 Å². The molecule has 5 nitrogen and oxygen atoms in total. The molecule has 17 heavy (non-hydrogen) atoms. The Morgan fingerprint density at radius 1 is 1.53 bits per heavy atom. The van der Waals surface area contributed by atoms with Crippen LogP contribution >= 0.6 is 0 Å². The second-order valence-electron chi connectivity index (χ2n) is 4.57.